The third kappa shape index (κ3) is 3.89. The van der Waals surface area contributed by atoms with Crippen molar-refractivity contribution in [3.8, 4) is 0 Å². The summed E-state index contributed by atoms with van der Waals surface area (Å²) in [5, 5.41) is 10.3. The molecule has 0 spiro atoms. The Bertz CT molecular complexity index is 473. The number of rotatable bonds is 6. The molecular formula is C16H19NO2. The van der Waals surface area contributed by atoms with E-state index in [1.165, 1.54) is 0 Å². The van der Waals surface area contributed by atoms with Crippen LogP contribution in [0.3, 0.4) is 0 Å². The number of hydrogen-bond donors (Lipinski definition) is 2. The van der Waals surface area contributed by atoms with Crippen molar-refractivity contribution in [3.63, 3.8) is 0 Å². The Morgan fingerprint density at radius 2 is 1.47 bits per heavy atom. The highest BCUT2D eigenvalue weighted by atomic mass is 16.6. The molecule has 0 aliphatic heterocycles. The smallest absolute Gasteiger partial charge is 0.0809 e. The molecule has 0 saturated heterocycles. The molecule has 0 amide bonds. The van der Waals surface area contributed by atoms with Gasteiger partial charge in [0.15, 0.2) is 0 Å². The van der Waals surface area contributed by atoms with Gasteiger partial charge < -0.3 is 9.94 Å². The summed E-state index contributed by atoms with van der Waals surface area (Å²) in [7, 11) is 1.59. The lowest BCUT2D eigenvalue weighted by atomic mass is 9.97. The van der Waals surface area contributed by atoms with Crippen molar-refractivity contribution in [3.05, 3.63) is 71.8 Å². The van der Waals surface area contributed by atoms with E-state index in [2.05, 4.69) is 5.48 Å². The fourth-order valence-electron chi connectivity index (χ4n) is 2.11. The highest BCUT2D eigenvalue weighted by Crippen LogP contribution is 2.26. The number of aliphatic hydroxyl groups is 1. The summed E-state index contributed by atoms with van der Waals surface area (Å²) >= 11 is 0. The highest BCUT2D eigenvalue weighted by molar-refractivity contribution is 5.21. The Morgan fingerprint density at radius 1 is 0.947 bits per heavy atom. The molecule has 100 valence electrons. The average molecular weight is 257 g/mol. The summed E-state index contributed by atoms with van der Waals surface area (Å²) in [4.78, 5) is 5.03. The van der Waals surface area contributed by atoms with E-state index < -0.39 is 6.10 Å². The van der Waals surface area contributed by atoms with Crippen molar-refractivity contribution in [1.82, 2.24) is 5.48 Å². The topological polar surface area (TPSA) is 41.5 Å². The standard InChI is InChI=1S/C16H19NO2/c1-19-17-15(13-8-4-2-5-9-13)12-16(18)14-10-6-3-7-11-14/h2-11,15-18H,12H2,1H3/t15-,16+/m1/s1. The maximum Gasteiger partial charge on any atom is 0.0809 e. The van der Waals surface area contributed by atoms with Crippen LogP contribution in [0.1, 0.15) is 29.7 Å². The molecule has 0 aliphatic rings. The first kappa shape index (κ1) is 13.7. The van der Waals surface area contributed by atoms with E-state index in [0.717, 1.165) is 11.1 Å². The minimum Gasteiger partial charge on any atom is -0.388 e. The Balaban J connectivity index is 2.09. The number of hydrogen-bond acceptors (Lipinski definition) is 3. The van der Waals surface area contributed by atoms with Crippen LogP contribution in [0.5, 0.6) is 0 Å². The SMILES string of the molecule is CON[C@H](C[C@H](O)c1ccccc1)c1ccccc1. The normalized spacial score (nSPS) is 14.0. The number of aliphatic hydroxyl groups excluding tert-OH is 1. The van der Waals surface area contributed by atoms with Crippen LogP contribution in [0.25, 0.3) is 0 Å². The Kier molecular flexibility index (Phi) is 5.10. The molecule has 2 atom stereocenters. The lowest BCUT2D eigenvalue weighted by Crippen LogP contribution is -2.22. The van der Waals surface area contributed by atoms with Crippen LogP contribution >= 0.6 is 0 Å². The van der Waals surface area contributed by atoms with Crippen molar-refractivity contribution < 1.29 is 9.94 Å². The Labute approximate surface area is 113 Å². The van der Waals surface area contributed by atoms with Crippen molar-refractivity contribution >= 4 is 0 Å². The second-order valence-electron chi connectivity index (χ2n) is 4.45. The molecule has 0 heterocycles. The molecule has 2 aromatic rings. The third-order valence-electron chi connectivity index (χ3n) is 3.11. The van der Waals surface area contributed by atoms with Gasteiger partial charge in [-0.05, 0) is 17.5 Å². The Hall–Kier alpha value is -1.68. The van der Waals surface area contributed by atoms with Gasteiger partial charge in [0.25, 0.3) is 0 Å². The molecule has 0 aromatic heterocycles. The predicted octanol–water partition coefficient (Wildman–Crippen LogP) is 3.00. The fraction of sp³-hybridized carbons (Fsp3) is 0.250. The molecule has 0 saturated carbocycles. The van der Waals surface area contributed by atoms with E-state index in [4.69, 9.17) is 4.84 Å². The van der Waals surface area contributed by atoms with Crippen LogP contribution < -0.4 is 5.48 Å². The minimum atomic E-state index is -0.519. The van der Waals surface area contributed by atoms with E-state index in [-0.39, 0.29) is 6.04 Å². The lowest BCUT2D eigenvalue weighted by molar-refractivity contribution is 0.0379. The van der Waals surface area contributed by atoms with Crippen LogP contribution in [-0.2, 0) is 4.84 Å². The number of benzene rings is 2. The van der Waals surface area contributed by atoms with Crippen molar-refractivity contribution in [1.29, 1.82) is 0 Å². The van der Waals surface area contributed by atoms with E-state index in [1.807, 2.05) is 60.7 Å². The second kappa shape index (κ2) is 7.04. The zero-order valence-corrected chi connectivity index (χ0v) is 11.0. The Morgan fingerprint density at radius 3 is 2.00 bits per heavy atom. The quantitative estimate of drug-likeness (QED) is 0.782. The van der Waals surface area contributed by atoms with Crippen LogP contribution in [-0.4, -0.2) is 12.2 Å². The molecule has 2 N–H and O–H groups in total. The lowest BCUT2D eigenvalue weighted by Gasteiger charge is -2.21. The van der Waals surface area contributed by atoms with E-state index in [1.54, 1.807) is 7.11 Å². The molecule has 0 fully saturated rings. The van der Waals surface area contributed by atoms with E-state index in [0.29, 0.717) is 6.42 Å². The molecule has 0 bridgehead atoms. The summed E-state index contributed by atoms with van der Waals surface area (Å²) in [6.45, 7) is 0. The molecular weight excluding hydrogens is 238 g/mol. The van der Waals surface area contributed by atoms with Crippen molar-refractivity contribution in [2.75, 3.05) is 7.11 Å². The summed E-state index contributed by atoms with van der Waals surface area (Å²) in [6, 6.07) is 19.6. The van der Waals surface area contributed by atoms with Crippen LogP contribution in [0, 0.1) is 0 Å². The molecule has 3 nitrogen and oxygen atoms in total. The van der Waals surface area contributed by atoms with Gasteiger partial charge in [0.1, 0.15) is 0 Å². The number of hydroxylamine groups is 1. The first-order valence-corrected chi connectivity index (χ1v) is 6.37. The van der Waals surface area contributed by atoms with Gasteiger partial charge in [-0.2, -0.15) is 5.48 Å². The van der Waals surface area contributed by atoms with Crippen LogP contribution in [0.2, 0.25) is 0 Å². The second-order valence-corrected chi connectivity index (χ2v) is 4.45. The minimum absolute atomic E-state index is 0.0404. The van der Waals surface area contributed by atoms with Gasteiger partial charge in [0.2, 0.25) is 0 Å². The summed E-state index contributed by atoms with van der Waals surface area (Å²) in [6.07, 6.45) is 0.0380. The van der Waals surface area contributed by atoms with Gasteiger partial charge in [0, 0.05) is 0 Å². The predicted molar refractivity (Wildman–Crippen MR) is 75.3 cm³/mol. The van der Waals surface area contributed by atoms with Gasteiger partial charge in [-0.25, -0.2) is 0 Å². The largest absolute Gasteiger partial charge is 0.388 e. The van der Waals surface area contributed by atoms with Gasteiger partial charge in [-0.3, -0.25) is 0 Å². The average Bonchev–Trinajstić information content (AvgIpc) is 2.48. The van der Waals surface area contributed by atoms with Crippen molar-refractivity contribution in [2.45, 2.75) is 18.6 Å². The van der Waals surface area contributed by atoms with Crippen LogP contribution in [0.4, 0.5) is 0 Å². The summed E-state index contributed by atoms with van der Waals surface area (Å²) in [5.41, 5.74) is 4.95. The molecule has 0 radical (unpaired) electrons. The zero-order chi connectivity index (χ0) is 13.5. The first-order chi connectivity index (χ1) is 9.31. The molecule has 19 heavy (non-hydrogen) atoms. The van der Waals surface area contributed by atoms with Crippen LogP contribution in [0.15, 0.2) is 60.7 Å². The molecule has 0 unspecified atom stereocenters. The third-order valence-corrected chi connectivity index (χ3v) is 3.11. The van der Waals surface area contributed by atoms with Crippen molar-refractivity contribution in [2.24, 2.45) is 0 Å². The first-order valence-electron chi connectivity index (χ1n) is 6.37. The number of nitrogens with one attached hydrogen (secondary N) is 1. The monoisotopic (exact) mass is 257 g/mol. The zero-order valence-electron chi connectivity index (χ0n) is 11.0. The summed E-state index contributed by atoms with van der Waals surface area (Å²) in [5.74, 6) is 0. The summed E-state index contributed by atoms with van der Waals surface area (Å²) < 4.78 is 0. The highest BCUT2D eigenvalue weighted by Gasteiger charge is 2.17. The molecule has 2 aromatic carbocycles. The van der Waals surface area contributed by atoms with Gasteiger partial charge >= 0.3 is 0 Å². The van der Waals surface area contributed by atoms with E-state index >= 15 is 0 Å². The maximum absolute atomic E-state index is 10.3. The van der Waals surface area contributed by atoms with Gasteiger partial charge in [0.05, 0.1) is 19.3 Å². The molecule has 0 aliphatic carbocycles. The van der Waals surface area contributed by atoms with E-state index in [9.17, 15) is 5.11 Å². The molecule has 3 heteroatoms. The molecule has 2 rings (SSSR count). The fourth-order valence-corrected chi connectivity index (χ4v) is 2.11. The maximum atomic E-state index is 10.3. The van der Waals surface area contributed by atoms with Gasteiger partial charge in [-0.15, -0.1) is 0 Å². The van der Waals surface area contributed by atoms with Gasteiger partial charge in [-0.1, -0.05) is 60.7 Å².